The molecule has 0 aliphatic carbocycles. The van der Waals surface area contributed by atoms with Crippen LogP contribution in [0, 0.1) is 5.92 Å². The van der Waals surface area contributed by atoms with Crippen LogP contribution in [0.15, 0.2) is 23.3 Å². The molecule has 22 heavy (non-hydrogen) atoms. The van der Waals surface area contributed by atoms with Crippen molar-refractivity contribution in [3.8, 4) is 0 Å². The van der Waals surface area contributed by atoms with Gasteiger partial charge in [0.25, 0.3) is 5.56 Å². The van der Waals surface area contributed by atoms with E-state index in [1.54, 1.807) is 12.1 Å². The first kappa shape index (κ1) is 15.7. The van der Waals surface area contributed by atoms with Crippen molar-refractivity contribution in [2.45, 2.75) is 25.5 Å². The SMILES string of the molecule is O=c1c2ccc(Cl)c(Cl)c2ncn1CC(O)C1CCCOC1. The van der Waals surface area contributed by atoms with Gasteiger partial charge in [-0.25, -0.2) is 4.98 Å². The maximum Gasteiger partial charge on any atom is 0.261 e. The lowest BCUT2D eigenvalue weighted by Crippen LogP contribution is -2.35. The molecule has 0 spiro atoms. The summed E-state index contributed by atoms with van der Waals surface area (Å²) in [7, 11) is 0. The summed E-state index contributed by atoms with van der Waals surface area (Å²) in [5, 5.41) is 11.3. The molecular weight excluding hydrogens is 327 g/mol. The fourth-order valence-electron chi connectivity index (χ4n) is 2.72. The number of aromatic nitrogens is 2. The molecule has 1 saturated heterocycles. The summed E-state index contributed by atoms with van der Waals surface area (Å²) < 4.78 is 6.78. The third kappa shape index (κ3) is 2.99. The quantitative estimate of drug-likeness (QED) is 0.930. The van der Waals surface area contributed by atoms with Crippen molar-refractivity contribution < 1.29 is 9.84 Å². The zero-order valence-corrected chi connectivity index (χ0v) is 13.3. The fourth-order valence-corrected chi connectivity index (χ4v) is 3.09. The molecule has 3 rings (SSSR count). The van der Waals surface area contributed by atoms with Crippen LogP contribution < -0.4 is 5.56 Å². The minimum absolute atomic E-state index is 0.0464. The third-order valence-corrected chi connectivity index (χ3v) is 4.80. The minimum Gasteiger partial charge on any atom is -0.391 e. The summed E-state index contributed by atoms with van der Waals surface area (Å²) >= 11 is 12.0. The Kier molecular flexibility index (Phi) is 4.68. The van der Waals surface area contributed by atoms with Crippen LogP contribution in [0.25, 0.3) is 10.9 Å². The molecule has 2 atom stereocenters. The standard InChI is InChI=1S/C15H16Cl2N2O3/c16-11-4-3-10-14(13(11)17)18-8-19(15(10)21)6-12(20)9-2-1-5-22-7-9/h3-4,8-9,12,20H,1-2,5-7H2. The number of ether oxygens (including phenoxy) is 1. The fraction of sp³-hybridized carbons (Fsp3) is 0.467. The van der Waals surface area contributed by atoms with Gasteiger partial charge in [-0.3, -0.25) is 9.36 Å². The van der Waals surface area contributed by atoms with E-state index in [1.807, 2.05) is 0 Å². The number of rotatable bonds is 3. The number of aliphatic hydroxyl groups excluding tert-OH is 1. The average Bonchev–Trinajstić information content (AvgIpc) is 2.54. The first-order valence-electron chi connectivity index (χ1n) is 7.17. The highest BCUT2D eigenvalue weighted by Crippen LogP contribution is 2.27. The summed E-state index contributed by atoms with van der Waals surface area (Å²) in [4.78, 5) is 16.7. The number of fused-ring (bicyclic) bond motifs is 1. The van der Waals surface area contributed by atoms with Crippen molar-refractivity contribution >= 4 is 34.1 Å². The van der Waals surface area contributed by atoms with Crippen LogP contribution in [0.2, 0.25) is 10.0 Å². The van der Waals surface area contributed by atoms with Crippen molar-refractivity contribution in [1.82, 2.24) is 9.55 Å². The molecule has 1 aliphatic heterocycles. The van der Waals surface area contributed by atoms with Gasteiger partial charge in [0.1, 0.15) is 0 Å². The normalized spacial score (nSPS) is 20.2. The number of aliphatic hydroxyl groups is 1. The van der Waals surface area contributed by atoms with Crippen LogP contribution in [0.3, 0.4) is 0 Å². The lowest BCUT2D eigenvalue weighted by Gasteiger charge is -2.27. The van der Waals surface area contributed by atoms with E-state index in [0.717, 1.165) is 19.4 Å². The Morgan fingerprint density at radius 2 is 2.27 bits per heavy atom. The van der Waals surface area contributed by atoms with Crippen LogP contribution in [-0.2, 0) is 11.3 Å². The molecule has 1 aliphatic rings. The van der Waals surface area contributed by atoms with Crippen LogP contribution in [0.1, 0.15) is 12.8 Å². The van der Waals surface area contributed by atoms with E-state index >= 15 is 0 Å². The Hall–Kier alpha value is -1.14. The largest absolute Gasteiger partial charge is 0.391 e. The van der Waals surface area contributed by atoms with Crippen molar-refractivity contribution in [2.75, 3.05) is 13.2 Å². The zero-order valence-electron chi connectivity index (χ0n) is 11.8. The van der Waals surface area contributed by atoms with Gasteiger partial charge in [-0.1, -0.05) is 23.2 Å². The molecule has 2 unspecified atom stereocenters. The van der Waals surface area contributed by atoms with Gasteiger partial charge in [0.15, 0.2) is 0 Å². The Bertz CT molecular complexity index is 741. The first-order valence-corrected chi connectivity index (χ1v) is 7.92. The second-order valence-electron chi connectivity index (χ2n) is 5.50. The van der Waals surface area contributed by atoms with Gasteiger partial charge in [0, 0.05) is 12.5 Å². The predicted octanol–water partition coefficient (Wildman–Crippen LogP) is 2.49. The number of benzene rings is 1. The number of hydrogen-bond donors (Lipinski definition) is 1. The van der Waals surface area contributed by atoms with Crippen LogP contribution in [-0.4, -0.2) is 34.0 Å². The highest BCUT2D eigenvalue weighted by molar-refractivity contribution is 6.44. The van der Waals surface area contributed by atoms with Crippen LogP contribution >= 0.6 is 23.2 Å². The molecule has 0 saturated carbocycles. The molecule has 1 aromatic heterocycles. The summed E-state index contributed by atoms with van der Waals surface area (Å²) in [5.74, 6) is 0.0464. The molecule has 0 radical (unpaired) electrons. The van der Waals surface area contributed by atoms with E-state index in [4.69, 9.17) is 27.9 Å². The molecule has 1 N–H and O–H groups in total. The Balaban J connectivity index is 1.90. The Morgan fingerprint density at radius 1 is 1.45 bits per heavy atom. The average molecular weight is 343 g/mol. The van der Waals surface area contributed by atoms with E-state index < -0.39 is 6.10 Å². The summed E-state index contributed by atoms with van der Waals surface area (Å²) in [6.07, 6.45) is 2.60. The molecule has 1 aromatic carbocycles. The summed E-state index contributed by atoms with van der Waals surface area (Å²) in [6.45, 7) is 1.45. The first-order chi connectivity index (χ1) is 10.6. The summed E-state index contributed by atoms with van der Waals surface area (Å²) in [6, 6.07) is 3.18. The van der Waals surface area contributed by atoms with Crippen molar-refractivity contribution in [2.24, 2.45) is 5.92 Å². The van der Waals surface area contributed by atoms with E-state index in [9.17, 15) is 9.90 Å². The second kappa shape index (κ2) is 6.54. The molecule has 2 aromatic rings. The molecular formula is C15H16Cl2N2O3. The van der Waals surface area contributed by atoms with E-state index in [0.29, 0.717) is 22.5 Å². The van der Waals surface area contributed by atoms with Gasteiger partial charge in [-0.2, -0.15) is 0 Å². The van der Waals surface area contributed by atoms with Crippen molar-refractivity contribution in [1.29, 1.82) is 0 Å². The number of nitrogens with zero attached hydrogens (tertiary/aromatic N) is 2. The topological polar surface area (TPSA) is 64.4 Å². The molecule has 7 heteroatoms. The molecule has 2 heterocycles. The molecule has 0 bridgehead atoms. The van der Waals surface area contributed by atoms with Crippen molar-refractivity contribution in [3.05, 3.63) is 38.9 Å². The smallest absolute Gasteiger partial charge is 0.261 e. The predicted molar refractivity (Wildman–Crippen MR) is 85.6 cm³/mol. The van der Waals surface area contributed by atoms with Gasteiger partial charge >= 0.3 is 0 Å². The second-order valence-corrected chi connectivity index (χ2v) is 6.29. The van der Waals surface area contributed by atoms with Gasteiger partial charge in [-0.05, 0) is 25.0 Å². The van der Waals surface area contributed by atoms with Crippen LogP contribution in [0.5, 0.6) is 0 Å². The van der Waals surface area contributed by atoms with Crippen molar-refractivity contribution in [3.63, 3.8) is 0 Å². The Morgan fingerprint density at radius 3 is 3.00 bits per heavy atom. The van der Waals surface area contributed by atoms with Gasteiger partial charge < -0.3 is 9.84 Å². The number of halogens is 2. The van der Waals surface area contributed by atoms with E-state index in [1.165, 1.54) is 10.9 Å². The minimum atomic E-state index is -0.639. The molecule has 0 amide bonds. The maximum absolute atomic E-state index is 12.5. The molecule has 118 valence electrons. The van der Waals surface area contributed by atoms with E-state index in [-0.39, 0.29) is 23.0 Å². The monoisotopic (exact) mass is 342 g/mol. The van der Waals surface area contributed by atoms with E-state index in [2.05, 4.69) is 4.98 Å². The van der Waals surface area contributed by atoms with Gasteiger partial charge in [0.05, 0.1) is 46.5 Å². The highest BCUT2D eigenvalue weighted by atomic mass is 35.5. The number of hydrogen-bond acceptors (Lipinski definition) is 4. The van der Waals surface area contributed by atoms with Gasteiger partial charge in [-0.15, -0.1) is 0 Å². The van der Waals surface area contributed by atoms with Crippen LogP contribution in [0.4, 0.5) is 0 Å². The van der Waals surface area contributed by atoms with Gasteiger partial charge in [0.2, 0.25) is 0 Å². The Labute approximate surface area is 137 Å². The summed E-state index contributed by atoms with van der Waals surface area (Å²) in [5.41, 5.74) is 0.144. The highest BCUT2D eigenvalue weighted by Gasteiger charge is 2.23. The maximum atomic E-state index is 12.5. The lowest BCUT2D eigenvalue weighted by atomic mass is 9.96. The molecule has 1 fully saturated rings. The zero-order chi connectivity index (χ0) is 15.7. The third-order valence-electron chi connectivity index (χ3n) is 4.01. The lowest BCUT2D eigenvalue weighted by molar-refractivity contribution is -0.0153. The molecule has 5 nitrogen and oxygen atoms in total.